The normalized spacial score (nSPS) is 23.1. The average molecular weight is 498 g/mol. The number of nitrogens with zero attached hydrogens (tertiary/aromatic N) is 3. The third kappa shape index (κ3) is 3.99. The first-order chi connectivity index (χ1) is 18.2. The van der Waals surface area contributed by atoms with Crippen molar-refractivity contribution in [1.82, 2.24) is 30.9 Å². The zero-order chi connectivity index (χ0) is 24.9. The molecule has 2 aliphatic heterocycles. The summed E-state index contributed by atoms with van der Waals surface area (Å²) < 4.78 is 20.3. The van der Waals surface area contributed by atoms with Gasteiger partial charge in [-0.1, -0.05) is 12.1 Å². The number of benzene rings is 1. The lowest BCUT2D eigenvalue weighted by Crippen LogP contribution is -2.49. The van der Waals surface area contributed by atoms with Gasteiger partial charge < -0.3 is 20.4 Å². The zero-order valence-electron chi connectivity index (χ0n) is 20.5. The van der Waals surface area contributed by atoms with Crippen molar-refractivity contribution >= 4 is 22.6 Å². The molecule has 37 heavy (non-hydrogen) atoms. The molecule has 188 valence electrons. The highest BCUT2D eigenvalue weighted by molar-refractivity contribution is 6.11. The first-order valence-corrected chi connectivity index (χ1v) is 12.7. The predicted molar refractivity (Wildman–Crippen MR) is 140 cm³/mol. The fourth-order valence-electron chi connectivity index (χ4n) is 5.56. The van der Waals surface area contributed by atoms with Crippen molar-refractivity contribution in [2.75, 3.05) is 20.2 Å². The van der Waals surface area contributed by atoms with Crippen molar-refractivity contribution in [3.63, 3.8) is 0 Å². The maximum Gasteiger partial charge on any atom is 0.138 e. The lowest BCUT2D eigenvalue weighted by atomic mass is 9.98. The Hall–Kier alpha value is -3.66. The number of aromatic nitrogens is 3. The standard InChI is InChI=1S/C28H28FN7O/c1-37-24-14-31-12-22(24)34-28-25-19(15-6-7-15)11-30-13-23(25)35-27(36-28)16-8-9-32-26-18(16)10-21(33-26)17-4-2-3-5-20(17)29/h2-5,8-11,13,15,22,24,28,31,34H,6-7,12,14H2,1H3,(H,32,33)(H,35,36)/t22-,24-,28?/m1/s1. The molecule has 9 heteroatoms. The average Bonchev–Trinajstić information content (AvgIpc) is 3.52. The Bertz CT molecular complexity index is 1510. The lowest BCUT2D eigenvalue weighted by Gasteiger charge is -2.33. The molecule has 1 saturated heterocycles. The van der Waals surface area contributed by atoms with E-state index in [0.29, 0.717) is 22.8 Å². The van der Waals surface area contributed by atoms with E-state index < -0.39 is 0 Å². The molecular formula is C28H28FN7O. The maximum atomic E-state index is 14.5. The van der Waals surface area contributed by atoms with Gasteiger partial charge in [-0.3, -0.25) is 10.3 Å². The zero-order valence-corrected chi connectivity index (χ0v) is 20.5. The number of halogens is 1. The van der Waals surface area contributed by atoms with Crippen LogP contribution in [0, 0.1) is 5.82 Å². The van der Waals surface area contributed by atoms with Gasteiger partial charge in [0.25, 0.3) is 0 Å². The first kappa shape index (κ1) is 22.5. The number of amidine groups is 1. The third-order valence-corrected chi connectivity index (χ3v) is 7.61. The topological polar surface area (TPSA) is 99.2 Å². The number of hydrogen-bond donors (Lipinski definition) is 4. The minimum Gasteiger partial charge on any atom is -0.378 e. The number of hydrogen-bond acceptors (Lipinski definition) is 7. The number of H-pyrrole nitrogens is 1. The monoisotopic (exact) mass is 497 g/mol. The van der Waals surface area contributed by atoms with Crippen LogP contribution in [-0.2, 0) is 4.74 Å². The van der Waals surface area contributed by atoms with E-state index in [1.807, 2.05) is 30.6 Å². The molecule has 3 aliphatic rings. The van der Waals surface area contributed by atoms with Gasteiger partial charge in [0.15, 0.2) is 0 Å². The summed E-state index contributed by atoms with van der Waals surface area (Å²) in [6.45, 7) is 1.64. The Labute approximate surface area is 213 Å². The van der Waals surface area contributed by atoms with E-state index in [2.05, 4.69) is 30.9 Å². The van der Waals surface area contributed by atoms with Gasteiger partial charge in [-0.05, 0) is 48.6 Å². The summed E-state index contributed by atoms with van der Waals surface area (Å²) in [6.07, 6.45) is 7.88. The molecule has 0 bridgehead atoms. The second-order valence-electron chi connectivity index (χ2n) is 9.96. The van der Waals surface area contributed by atoms with Crippen LogP contribution < -0.4 is 16.0 Å². The van der Waals surface area contributed by atoms with E-state index in [9.17, 15) is 4.39 Å². The van der Waals surface area contributed by atoms with E-state index in [-0.39, 0.29) is 24.1 Å². The molecular weight excluding hydrogens is 469 g/mol. The van der Waals surface area contributed by atoms with E-state index in [4.69, 9.17) is 9.73 Å². The summed E-state index contributed by atoms with van der Waals surface area (Å²) >= 11 is 0. The van der Waals surface area contributed by atoms with Crippen LogP contribution in [0.5, 0.6) is 0 Å². The number of aliphatic imine (C=N–C) groups is 1. The van der Waals surface area contributed by atoms with Gasteiger partial charge in [0.05, 0.1) is 23.7 Å². The number of nitrogens with one attached hydrogen (secondary N) is 4. The number of methoxy groups -OCH3 is 1. The van der Waals surface area contributed by atoms with E-state index in [1.54, 1.807) is 25.4 Å². The molecule has 5 heterocycles. The first-order valence-electron chi connectivity index (χ1n) is 12.7. The molecule has 0 amide bonds. The second-order valence-corrected chi connectivity index (χ2v) is 9.96. The molecule has 0 radical (unpaired) electrons. The number of rotatable bonds is 6. The molecule has 1 aliphatic carbocycles. The van der Waals surface area contributed by atoms with Gasteiger partial charge in [0.1, 0.15) is 23.5 Å². The Morgan fingerprint density at radius 1 is 1.08 bits per heavy atom. The second kappa shape index (κ2) is 9.02. The number of ether oxygens (including phenoxy) is 1. The molecule has 7 rings (SSSR count). The fraction of sp³-hybridized carbons (Fsp3) is 0.321. The SMILES string of the molecule is CO[C@@H]1CNC[C@H]1NC1NC(c2ccnc3[nH]c(-c4ccccc4F)cc23)=Nc2cncc(C3CC3)c21. The van der Waals surface area contributed by atoms with Crippen LogP contribution in [0.1, 0.15) is 41.6 Å². The number of pyridine rings is 2. The Balaban J connectivity index is 1.32. The van der Waals surface area contributed by atoms with Crippen LogP contribution in [0.25, 0.3) is 22.3 Å². The predicted octanol–water partition coefficient (Wildman–Crippen LogP) is 3.90. The molecule has 3 atom stereocenters. The van der Waals surface area contributed by atoms with Crippen molar-refractivity contribution in [2.24, 2.45) is 4.99 Å². The van der Waals surface area contributed by atoms with Crippen molar-refractivity contribution in [3.05, 3.63) is 77.5 Å². The molecule has 1 saturated carbocycles. The molecule has 8 nitrogen and oxygen atoms in total. The fourth-order valence-corrected chi connectivity index (χ4v) is 5.56. The maximum absolute atomic E-state index is 14.5. The van der Waals surface area contributed by atoms with Gasteiger partial charge in [-0.25, -0.2) is 14.4 Å². The van der Waals surface area contributed by atoms with E-state index in [0.717, 1.165) is 41.1 Å². The van der Waals surface area contributed by atoms with E-state index in [1.165, 1.54) is 24.5 Å². The van der Waals surface area contributed by atoms with Gasteiger partial charge in [0.2, 0.25) is 0 Å². The van der Waals surface area contributed by atoms with Crippen molar-refractivity contribution in [3.8, 4) is 11.3 Å². The highest BCUT2D eigenvalue weighted by atomic mass is 19.1. The van der Waals surface area contributed by atoms with Crippen molar-refractivity contribution < 1.29 is 9.13 Å². The summed E-state index contributed by atoms with van der Waals surface area (Å²) in [4.78, 5) is 17.4. The Kier molecular flexibility index (Phi) is 5.49. The summed E-state index contributed by atoms with van der Waals surface area (Å²) in [5, 5.41) is 11.8. The Morgan fingerprint density at radius 3 is 2.81 bits per heavy atom. The van der Waals surface area contributed by atoms with Crippen molar-refractivity contribution in [2.45, 2.75) is 37.1 Å². The molecule has 1 aromatic carbocycles. The summed E-state index contributed by atoms with van der Waals surface area (Å²) in [7, 11) is 1.76. The van der Waals surface area contributed by atoms with Crippen LogP contribution >= 0.6 is 0 Å². The molecule has 4 aromatic rings. The summed E-state index contributed by atoms with van der Waals surface area (Å²) in [5.41, 5.74) is 6.05. The van der Waals surface area contributed by atoms with Gasteiger partial charge >= 0.3 is 0 Å². The van der Waals surface area contributed by atoms with Gasteiger partial charge in [-0.2, -0.15) is 0 Å². The van der Waals surface area contributed by atoms with Gasteiger partial charge in [-0.15, -0.1) is 0 Å². The number of aromatic amines is 1. The third-order valence-electron chi connectivity index (χ3n) is 7.61. The quantitative estimate of drug-likeness (QED) is 0.323. The van der Waals surface area contributed by atoms with Crippen molar-refractivity contribution in [1.29, 1.82) is 0 Å². The molecule has 4 N–H and O–H groups in total. The summed E-state index contributed by atoms with van der Waals surface area (Å²) in [6, 6.07) is 10.8. The van der Waals surface area contributed by atoms with Crippen LogP contribution in [0.4, 0.5) is 10.1 Å². The largest absolute Gasteiger partial charge is 0.378 e. The highest BCUT2D eigenvalue weighted by Gasteiger charge is 2.36. The molecule has 2 fully saturated rings. The smallest absolute Gasteiger partial charge is 0.138 e. The molecule has 1 unspecified atom stereocenters. The van der Waals surface area contributed by atoms with Crippen LogP contribution in [0.3, 0.4) is 0 Å². The molecule has 3 aromatic heterocycles. The Morgan fingerprint density at radius 2 is 1.97 bits per heavy atom. The van der Waals surface area contributed by atoms with Gasteiger partial charge in [0, 0.05) is 60.7 Å². The number of fused-ring (bicyclic) bond motifs is 2. The van der Waals surface area contributed by atoms with Crippen LogP contribution in [0.15, 0.2) is 60.0 Å². The van der Waals surface area contributed by atoms with E-state index >= 15 is 0 Å². The summed E-state index contributed by atoms with van der Waals surface area (Å²) in [5.74, 6) is 0.982. The van der Waals surface area contributed by atoms with Crippen LogP contribution in [-0.4, -0.2) is 53.1 Å². The molecule has 0 spiro atoms. The minimum absolute atomic E-state index is 0.0828. The van der Waals surface area contributed by atoms with Crippen LogP contribution in [0.2, 0.25) is 0 Å². The minimum atomic E-state index is -0.279. The lowest BCUT2D eigenvalue weighted by molar-refractivity contribution is 0.0915. The highest BCUT2D eigenvalue weighted by Crippen LogP contribution is 2.46.